The summed E-state index contributed by atoms with van der Waals surface area (Å²) in [4.78, 5) is 6.96. The Morgan fingerprint density at radius 2 is 1.84 bits per heavy atom. The van der Waals surface area contributed by atoms with Crippen LogP contribution in [0.25, 0.3) is 5.69 Å². The fourth-order valence-electron chi connectivity index (χ4n) is 5.35. The molecule has 0 bridgehead atoms. The number of hydrogen-bond donors (Lipinski definition) is 1. The number of aryl methyl sites for hydroxylation is 1. The molecule has 7 nitrogen and oxygen atoms in total. The Kier molecular flexibility index (Phi) is 5.96. The van der Waals surface area contributed by atoms with E-state index >= 15 is 0 Å². The summed E-state index contributed by atoms with van der Waals surface area (Å²) < 4.78 is 18.8. The molecule has 0 radical (unpaired) electrons. The molecule has 2 aromatic heterocycles. The number of fused-ring (bicyclic) bond motifs is 1. The molecule has 2 aliphatic heterocycles. The van der Waals surface area contributed by atoms with Gasteiger partial charge in [-0.2, -0.15) is 0 Å². The number of ether oxygens (including phenoxy) is 3. The first-order valence-corrected chi connectivity index (χ1v) is 12.6. The van der Waals surface area contributed by atoms with Crippen molar-refractivity contribution in [2.75, 3.05) is 13.9 Å². The Balaban J connectivity index is 1.43. The molecule has 1 N–H and O–H groups in total. The van der Waals surface area contributed by atoms with Crippen LogP contribution in [0.5, 0.6) is 17.2 Å². The smallest absolute Gasteiger partial charge is 0.231 e. The van der Waals surface area contributed by atoms with E-state index in [9.17, 15) is 0 Å². The van der Waals surface area contributed by atoms with Crippen LogP contribution < -0.4 is 19.5 Å². The number of nitrogens with zero attached hydrogens (tertiary/aromatic N) is 3. The van der Waals surface area contributed by atoms with E-state index in [0.29, 0.717) is 11.7 Å². The third kappa shape index (κ3) is 4.17. The van der Waals surface area contributed by atoms with Crippen LogP contribution in [0, 0.1) is 13.8 Å². The lowest BCUT2D eigenvalue weighted by Gasteiger charge is -2.28. The van der Waals surface area contributed by atoms with Crippen molar-refractivity contribution in [2.24, 2.45) is 0 Å². The van der Waals surface area contributed by atoms with E-state index in [0.717, 1.165) is 45.6 Å². The van der Waals surface area contributed by atoms with Crippen LogP contribution in [0.4, 0.5) is 0 Å². The average molecular weight is 513 g/mol. The molecule has 2 aromatic carbocycles. The lowest BCUT2D eigenvalue weighted by Crippen LogP contribution is -2.29. The minimum atomic E-state index is -0.0855. The summed E-state index contributed by atoms with van der Waals surface area (Å²) >= 11 is 5.90. The summed E-state index contributed by atoms with van der Waals surface area (Å²) in [6.45, 7) is 5.21. The van der Waals surface area contributed by atoms with E-state index in [2.05, 4.69) is 63.9 Å². The SMILES string of the molecule is COc1ccc(CN2C(=S)N[C@@H](c3ccccn3)[C@H]2c2cc(C)n(-c3ccc4c(c3)OCO4)c2C)cc1. The second-order valence-electron chi connectivity index (χ2n) is 9.30. The van der Waals surface area contributed by atoms with Gasteiger partial charge in [-0.05, 0) is 79.7 Å². The molecule has 0 amide bonds. The van der Waals surface area contributed by atoms with Gasteiger partial charge in [-0.25, -0.2) is 0 Å². The maximum atomic E-state index is 5.90. The Bertz CT molecular complexity index is 1450. The molecule has 1 saturated heterocycles. The summed E-state index contributed by atoms with van der Waals surface area (Å²) in [5, 5.41) is 4.28. The van der Waals surface area contributed by atoms with Crippen molar-refractivity contribution >= 4 is 17.3 Å². The van der Waals surface area contributed by atoms with Crippen LogP contribution in [0.1, 0.15) is 40.3 Å². The Morgan fingerprint density at radius 3 is 2.59 bits per heavy atom. The highest BCUT2D eigenvalue weighted by Crippen LogP contribution is 2.43. The van der Waals surface area contributed by atoms with Gasteiger partial charge in [-0.15, -0.1) is 0 Å². The zero-order chi connectivity index (χ0) is 25.5. The van der Waals surface area contributed by atoms with Gasteiger partial charge in [0.15, 0.2) is 16.6 Å². The molecule has 0 saturated carbocycles. The molecule has 2 atom stereocenters. The van der Waals surface area contributed by atoms with Crippen LogP contribution in [-0.4, -0.2) is 33.5 Å². The van der Waals surface area contributed by atoms with E-state index in [4.69, 9.17) is 26.4 Å². The molecule has 4 heterocycles. The molecule has 8 heteroatoms. The highest BCUT2D eigenvalue weighted by molar-refractivity contribution is 7.80. The van der Waals surface area contributed by atoms with Crippen LogP contribution in [0.2, 0.25) is 0 Å². The number of benzene rings is 2. The zero-order valence-electron chi connectivity index (χ0n) is 21.0. The predicted octanol–water partition coefficient (Wildman–Crippen LogP) is 5.40. The predicted molar refractivity (Wildman–Crippen MR) is 145 cm³/mol. The summed E-state index contributed by atoms with van der Waals surface area (Å²) in [5.41, 5.74) is 6.63. The summed E-state index contributed by atoms with van der Waals surface area (Å²) in [7, 11) is 1.68. The highest BCUT2D eigenvalue weighted by atomic mass is 32.1. The van der Waals surface area contributed by atoms with Crippen molar-refractivity contribution in [2.45, 2.75) is 32.5 Å². The summed E-state index contributed by atoms with van der Waals surface area (Å²) in [6, 6.07) is 22.4. The number of rotatable bonds is 6. The van der Waals surface area contributed by atoms with Crippen LogP contribution in [-0.2, 0) is 6.54 Å². The first-order valence-electron chi connectivity index (χ1n) is 12.2. The molecule has 0 spiro atoms. The van der Waals surface area contributed by atoms with Crippen molar-refractivity contribution < 1.29 is 14.2 Å². The van der Waals surface area contributed by atoms with Crippen molar-refractivity contribution in [1.82, 2.24) is 19.8 Å². The number of nitrogens with one attached hydrogen (secondary N) is 1. The minimum absolute atomic E-state index is 0.0431. The first-order chi connectivity index (χ1) is 18.0. The van der Waals surface area contributed by atoms with E-state index in [1.807, 2.05) is 42.6 Å². The Morgan fingerprint density at radius 1 is 1.03 bits per heavy atom. The van der Waals surface area contributed by atoms with Gasteiger partial charge in [0.2, 0.25) is 6.79 Å². The summed E-state index contributed by atoms with van der Waals surface area (Å²) in [6.07, 6.45) is 1.83. The molecule has 37 heavy (non-hydrogen) atoms. The fourth-order valence-corrected chi connectivity index (χ4v) is 5.66. The van der Waals surface area contributed by atoms with Crippen molar-refractivity contribution in [3.8, 4) is 22.9 Å². The van der Waals surface area contributed by atoms with Crippen molar-refractivity contribution in [3.63, 3.8) is 0 Å². The number of pyridine rings is 1. The Labute approximate surface area is 221 Å². The van der Waals surface area contributed by atoms with Gasteiger partial charge >= 0.3 is 0 Å². The quantitative estimate of drug-likeness (QED) is 0.347. The van der Waals surface area contributed by atoms with Gasteiger partial charge < -0.3 is 29.0 Å². The first kappa shape index (κ1) is 23.4. The van der Waals surface area contributed by atoms with Gasteiger partial charge in [0, 0.05) is 35.9 Å². The summed E-state index contributed by atoms with van der Waals surface area (Å²) in [5.74, 6) is 2.38. The van der Waals surface area contributed by atoms with Gasteiger partial charge in [-0.1, -0.05) is 18.2 Å². The molecule has 6 rings (SSSR count). The minimum Gasteiger partial charge on any atom is -0.497 e. The average Bonchev–Trinajstić information content (AvgIpc) is 3.60. The third-order valence-electron chi connectivity index (χ3n) is 7.11. The van der Waals surface area contributed by atoms with E-state index in [-0.39, 0.29) is 18.9 Å². The van der Waals surface area contributed by atoms with Crippen LogP contribution in [0.15, 0.2) is 72.9 Å². The highest BCUT2D eigenvalue weighted by Gasteiger charge is 2.41. The second kappa shape index (κ2) is 9.44. The zero-order valence-corrected chi connectivity index (χ0v) is 21.8. The van der Waals surface area contributed by atoms with Crippen LogP contribution >= 0.6 is 12.2 Å². The van der Waals surface area contributed by atoms with Crippen LogP contribution in [0.3, 0.4) is 0 Å². The number of aromatic nitrogens is 2. The number of thiocarbonyl (C=S) groups is 1. The van der Waals surface area contributed by atoms with E-state index in [1.54, 1.807) is 7.11 Å². The standard InChI is InChI=1S/C29H28N4O3S/c1-18-14-23(19(2)33(18)21-9-12-25-26(15-21)36-17-35-25)28-27(24-6-4-5-13-30-24)31-29(37)32(28)16-20-7-10-22(34-3)11-8-20/h4-15,27-28H,16-17H2,1-3H3,(H,31,37)/t27-,28+/m0/s1. The van der Waals surface area contributed by atoms with Gasteiger partial charge in [0.25, 0.3) is 0 Å². The van der Waals surface area contributed by atoms with Gasteiger partial charge in [0.05, 0.1) is 24.9 Å². The maximum absolute atomic E-state index is 5.90. The largest absolute Gasteiger partial charge is 0.497 e. The molecule has 2 aliphatic rings. The molecule has 188 valence electrons. The molecular formula is C29H28N4O3S. The number of hydrogen-bond acceptors (Lipinski definition) is 5. The third-order valence-corrected chi connectivity index (χ3v) is 7.47. The molecule has 4 aromatic rings. The maximum Gasteiger partial charge on any atom is 0.231 e. The Hall–Kier alpha value is -4.04. The fraction of sp³-hybridized carbons (Fsp3) is 0.241. The number of methoxy groups -OCH3 is 1. The van der Waals surface area contributed by atoms with Crippen molar-refractivity contribution in [3.05, 3.63) is 101 Å². The lowest BCUT2D eigenvalue weighted by atomic mass is 9.96. The molecular weight excluding hydrogens is 484 g/mol. The molecule has 0 aliphatic carbocycles. The normalized spacial score (nSPS) is 18.2. The van der Waals surface area contributed by atoms with Gasteiger partial charge in [-0.3, -0.25) is 4.98 Å². The van der Waals surface area contributed by atoms with Crippen molar-refractivity contribution in [1.29, 1.82) is 0 Å². The second-order valence-corrected chi connectivity index (χ2v) is 9.69. The monoisotopic (exact) mass is 512 g/mol. The van der Waals surface area contributed by atoms with E-state index < -0.39 is 0 Å². The van der Waals surface area contributed by atoms with Gasteiger partial charge in [0.1, 0.15) is 5.75 Å². The topological polar surface area (TPSA) is 60.8 Å². The molecule has 0 unspecified atom stereocenters. The lowest BCUT2D eigenvalue weighted by molar-refractivity contribution is 0.174. The molecule has 1 fully saturated rings. The van der Waals surface area contributed by atoms with E-state index in [1.165, 1.54) is 5.56 Å².